The first kappa shape index (κ1) is 12.8. The highest BCUT2D eigenvalue weighted by atomic mass is 16.6. The molecular formula is C12H17N3O3. The summed E-state index contributed by atoms with van der Waals surface area (Å²) in [4.78, 5) is 14.6. The van der Waals surface area contributed by atoms with Crippen molar-refractivity contribution in [2.24, 2.45) is 0 Å². The van der Waals surface area contributed by atoms with Gasteiger partial charge in [0.25, 0.3) is 0 Å². The Morgan fingerprint density at radius 1 is 1.61 bits per heavy atom. The van der Waals surface area contributed by atoms with E-state index < -0.39 is 4.92 Å². The SMILES string of the molecule is COC1(CNc2ncc(C)cc2[N+](=O)[O-])CCC1. The molecule has 6 nitrogen and oxygen atoms in total. The Bertz CT molecular complexity index is 452. The van der Waals surface area contributed by atoms with E-state index in [4.69, 9.17) is 4.74 Å². The molecule has 0 bridgehead atoms. The molecule has 0 atom stereocenters. The molecule has 0 aliphatic heterocycles. The van der Waals surface area contributed by atoms with Gasteiger partial charge in [-0.15, -0.1) is 0 Å². The van der Waals surface area contributed by atoms with E-state index in [1.54, 1.807) is 20.2 Å². The van der Waals surface area contributed by atoms with E-state index >= 15 is 0 Å². The number of aromatic nitrogens is 1. The van der Waals surface area contributed by atoms with Crippen molar-refractivity contribution in [3.05, 3.63) is 27.9 Å². The Morgan fingerprint density at radius 3 is 2.83 bits per heavy atom. The van der Waals surface area contributed by atoms with Gasteiger partial charge in [0.15, 0.2) is 0 Å². The maximum Gasteiger partial charge on any atom is 0.311 e. The second kappa shape index (κ2) is 4.89. The van der Waals surface area contributed by atoms with E-state index in [1.165, 1.54) is 6.07 Å². The molecule has 0 amide bonds. The van der Waals surface area contributed by atoms with Crippen molar-refractivity contribution in [3.63, 3.8) is 0 Å². The van der Waals surface area contributed by atoms with Gasteiger partial charge in [-0.05, 0) is 31.7 Å². The summed E-state index contributed by atoms with van der Waals surface area (Å²) in [6, 6.07) is 1.52. The highest BCUT2D eigenvalue weighted by Gasteiger charge is 2.37. The number of aryl methyl sites for hydroxylation is 1. The molecule has 0 radical (unpaired) electrons. The number of rotatable bonds is 5. The maximum atomic E-state index is 10.9. The van der Waals surface area contributed by atoms with Gasteiger partial charge in [-0.2, -0.15) is 0 Å². The van der Waals surface area contributed by atoms with Crippen LogP contribution in [0.25, 0.3) is 0 Å². The quantitative estimate of drug-likeness (QED) is 0.641. The van der Waals surface area contributed by atoms with Crippen LogP contribution in [0.1, 0.15) is 24.8 Å². The largest absolute Gasteiger partial charge is 0.376 e. The zero-order chi connectivity index (χ0) is 13.2. The fraction of sp³-hybridized carbons (Fsp3) is 0.583. The zero-order valence-corrected chi connectivity index (χ0v) is 10.6. The fourth-order valence-corrected chi connectivity index (χ4v) is 2.10. The lowest BCUT2D eigenvalue weighted by Gasteiger charge is -2.40. The maximum absolute atomic E-state index is 10.9. The van der Waals surface area contributed by atoms with Crippen molar-refractivity contribution in [1.82, 2.24) is 4.98 Å². The third-order valence-electron chi connectivity index (χ3n) is 3.48. The van der Waals surface area contributed by atoms with E-state index in [0.717, 1.165) is 24.8 Å². The third kappa shape index (κ3) is 2.43. The average molecular weight is 251 g/mol. The fourth-order valence-electron chi connectivity index (χ4n) is 2.10. The summed E-state index contributed by atoms with van der Waals surface area (Å²) in [5, 5.41) is 14.0. The lowest BCUT2D eigenvalue weighted by atomic mass is 9.80. The van der Waals surface area contributed by atoms with Crippen LogP contribution in [0.15, 0.2) is 12.3 Å². The van der Waals surface area contributed by atoms with Gasteiger partial charge in [0.1, 0.15) is 0 Å². The topological polar surface area (TPSA) is 77.3 Å². The summed E-state index contributed by atoms with van der Waals surface area (Å²) in [7, 11) is 1.68. The van der Waals surface area contributed by atoms with Gasteiger partial charge in [0.2, 0.25) is 5.82 Å². The minimum absolute atomic E-state index is 0.0144. The van der Waals surface area contributed by atoms with Gasteiger partial charge in [-0.3, -0.25) is 10.1 Å². The molecule has 1 saturated carbocycles. The second-order valence-corrected chi connectivity index (χ2v) is 4.73. The van der Waals surface area contributed by atoms with Crippen LogP contribution in [0.2, 0.25) is 0 Å². The van der Waals surface area contributed by atoms with E-state index in [1.807, 2.05) is 0 Å². The van der Waals surface area contributed by atoms with E-state index in [0.29, 0.717) is 12.4 Å². The summed E-state index contributed by atoms with van der Waals surface area (Å²) in [5.41, 5.74) is 0.610. The van der Waals surface area contributed by atoms with Gasteiger partial charge in [-0.1, -0.05) is 0 Å². The summed E-state index contributed by atoms with van der Waals surface area (Å²) in [6.07, 6.45) is 4.72. The predicted octanol–water partition coefficient (Wildman–Crippen LogP) is 2.28. The predicted molar refractivity (Wildman–Crippen MR) is 67.7 cm³/mol. The summed E-state index contributed by atoms with van der Waals surface area (Å²) >= 11 is 0. The molecule has 0 saturated heterocycles. The molecule has 1 aromatic heterocycles. The first-order valence-electron chi connectivity index (χ1n) is 5.96. The van der Waals surface area contributed by atoms with Gasteiger partial charge in [0.05, 0.1) is 10.5 Å². The number of anilines is 1. The Labute approximate surface area is 106 Å². The van der Waals surface area contributed by atoms with Crippen molar-refractivity contribution >= 4 is 11.5 Å². The average Bonchev–Trinajstić information content (AvgIpc) is 2.29. The lowest BCUT2D eigenvalue weighted by molar-refractivity contribution is -0.384. The van der Waals surface area contributed by atoms with E-state index in [9.17, 15) is 10.1 Å². The van der Waals surface area contributed by atoms with Crippen LogP contribution >= 0.6 is 0 Å². The molecule has 1 N–H and O–H groups in total. The second-order valence-electron chi connectivity index (χ2n) is 4.73. The molecule has 0 aromatic carbocycles. The van der Waals surface area contributed by atoms with Crippen molar-refractivity contribution in [3.8, 4) is 0 Å². The van der Waals surface area contributed by atoms with Crippen LogP contribution in [0.5, 0.6) is 0 Å². The number of hydrogen-bond donors (Lipinski definition) is 1. The van der Waals surface area contributed by atoms with Crippen LogP contribution in [0.4, 0.5) is 11.5 Å². The summed E-state index contributed by atoms with van der Waals surface area (Å²) in [6.45, 7) is 2.34. The molecule has 1 aliphatic carbocycles. The van der Waals surface area contributed by atoms with Gasteiger partial charge in [0, 0.05) is 25.9 Å². The van der Waals surface area contributed by atoms with Crippen molar-refractivity contribution in [2.75, 3.05) is 19.0 Å². The van der Waals surface area contributed by atoms with Gasteiger partial charge < -0.3 is 10.1 Å². The van der Waals surface area contributed by atoms with E-state index in [2.05, 4.69) is 10.3 Å². The van der Waals surface area contributed by atoms with Gasteiger partial charge in [-0.25, -0.2) is 4.98 Å². The first-order chi connectivity index (χ1) is 8.56. The molecule has 1 aliphatic rings. The Balaban J connectivity index is 2.11. The Morgan fingerprint density at radius 2 is 2.33 bits per heavy atom. The number of ether oxygens (including phenoxy) is 1. The molecule has 18 heavy (non-hydrogen) atoms. The minimum atomic E-state index is -0.414. The molecule has 6 heteroatoms. The zero-order valence-electron chi connectivity index (χ0n) is 10.6. The standard InChI is InChI=1S/C12H17N3O3/c1-9-6-10(15(16)17)11(13-7-9)14-8-12(18-2)4-3-5-12/h6-7H,3-5,8H2,1-2H3,(H,13,14). The number of hydrogen-bond acceptors (Lipinski definition) is 5. The van der Waals surface area contributed by atoms with Gasteiger partial charge >= 0.3 is 5.69 Å². The van der Waals surface area contributed by atoms with E-state index in [-0.39, 0.29) is 11.3 Å². The molecule has 1 fully saturated rings. The van der Waals surface area contributed by atoms with Crippen molar-refractivity contribution in [2.45, 2.75) is 31.8 Å². The summed E-state index contributed by atoms with van der Waals surface area (Å²) < 4.78 is 5.46. The number of nitrogens with zero attached hydrogens (tertiary/aromatic N) is 2. The monoisotopic (exact) mass is 251 g/mol. The van der Waals surface area contributed by atoms with Crippen LogP contribution in [0, 0.1) is 17.0 Å². The molecular weight excluding hydrogens is 234 g/mol. The normalized spacial score (nSPS) is 17.0. The smallest absolute Gasteiger partial charge is 0.311 e. The number of nitrogens with one attached hydrogen (secondary N) is 1. The highest BCUT2D eigenvalue weighted by Crippen LogP contribution is 2.35. The third-order valence-corrected chi connectivity index (χ3v) is 3.48. The Kier molecular flexibility index (Phi) is 3.47. The van der Waals surface area contributed by atoms with Crippen LogP contribution in [-0.2, 0) is 4.74 Å². The minimum Gasteiger partial charge on any atom is -0.376 e. The number of nitro groups is 1. The van der Waals surface area contributed by atoms with Crippen LogP contribution in [0.3, 0.4) is 0 Å². The molecule has 1 aromatic rings. The number of pyridine rings is 1. The number of methoxy groups -OCH3 is 1. The molecule has 2 rings (SSSR count). The van der Waals surface area contributed by atoms with Crippen LogP contribution in [-0.4, -0.2) is 29.2 Å². The lowest BCUT2D eigenvalue weighted by Crippen LogP contribution is -2.45. The highest BCUT2D eigenvalue weighted by molar-refractivity contribution is 5.56. The van der Waals surface area contributed by atoms with Crippen molar-refractivity contribution < 1.29 is 9.66 Å². The first-order valence-corrected chi connectivity index (χ1v) is 5.96. The van der Waals surface area contributed by atoms with Crippen molar-refractivity contribution in [1.29, 1.82) is 0 Å². The van der Waals surface area contributed by atoms with Crippen LogP contribution < -0.4 is 5.32 Å². The summed E-state index contributed by atoms with van der Waals surface area (Å²) in [5.74, 6) is 0.314. The molecule has 1 heterocycles. The Hall–Kier alpha value is -1.69. The molecule has 98 valence electrons. The molecule has 0 spiro atoms. The molecule has 0 unspecified atom stereocenters.